The lowest BCUT2D eigenvalue weighted by Gasteiger charge is -2.04. The molecule has 1 aromatic rings. The van der Waals surface area contributed by atoms with Gasteiger partial charge in [-0.05, 0) is 48.9 Å². The highest BCUT2D eigenvalue weighted by Crippen LogP contribution is 2.23. The molecule has 0 aromatic heterocycles. The van der Waals surface area contributed by atoms with Gasteiger partial charge in [0.25, 0.3) is 5.91 Å². The van der Waals surface area contributed by atoms with E-state index in [1.807, 2.05) is 13.8 Å². The van der Waals surface area contributed by atoms with Crippen molar-refractivity contribution < 1.29 is 19.4 Å². The van der Waals surface area contributed by atoms with Crippen molar-refractivity contribution in [1.82, 2.24) is 5.32 Å². The van der Waals surface area contributed by atoms with Gasteiger partial charge in [0.1, 0.15) is 5.75 Å². The van der Waals surface area contributed by atoms with Gasteiger partial charge in [-0.3, -0.25) is 10.1 Å². The molecule has 0 atom stereocenters. The van der Waals surface area contributed by atoms with Gasteiger partial charge in [-0.25, -0.2) is 4.79 Å². The summed E-state index contributed by atoms with van der Waals surface area (Å²) in [6, 6.07) is 3.26. The van der Waals surface area contributed by atoms with Crippen LogP contribution in [0.1, 0.15) is 16.7 Å². The number of ether oxygens (including phenoxy) is 1. The third kappa shape index (κ3) is 4.19. The second-order valence-corrected chi connectivity index (χ2v) is 5.76. The molecule has 120 valence electrons. The molecule has 0 unspecified atom stereocenters. The first-order chi connectivity index (χ1) is 10.9. The van der Waals surface area contributed by atoms with Gasteiger partial charge in [-0.2, -0.15) is 5.10 Å². The van der Waals surface area contributed by atoms with Gasteiger partial charge in [0.2, 0.25) is 0 Å². The Morgan fingerprint density at radius 1 is 1.35 bits per heavy atom. The number of amidine groups is 1. The number of aryl methyl sites for hydroxylation is 2. The van der Waals surface area contributed by atoms with Crippen molar-refractivity contribution >= 4 is 35.0 Å². The van der Waals surface area contributed by atoms with Gasteiger partial charge >= 0.3 is 5.97 Å². The zero-order valence-electron chi connectivity index (χ0n) is 12.8. The topological polar surface area (TPSA) is 100 Å². The minimum atomic E-state index is -0.609. The molecular formula is C15H15N3O4S. The van der Waals surface area contributed by atoms with E-state index in [2.05, 4.69) is 20.3 Å². The van der Waals surface area contributed by atoms with Crippen LogP contribution in [-0.4, -0.2) is 35.5 Å². The Morgan fingerprint density at radius 3 is 2.61 bits per heavy atom. The Kier molecular flexibility index (Phi) is 5.17. The SMILES string of the molecule is COC(=O)/C=C1/S/C(=N\N=Cc2c(C)cc(O)cc2C)NC1=O. The summed E-state index contributed by atoms with van der Waals surface area (Å²) < 4.78 is 4.47. The summed E-state index contributed by atoms with van der Waals surface area (Å²) in [4.78, 5) is 23.0. The summed E-state index contributed by atoms with van der Waals surface area (Å²) in [7, 11) is 1.23. The number of phenolic OH excluding ortho intramolecular Hbond substituents is 1. The number of esters is 1. The first-order valence-electron chi connectivity index (χ1n) is 6.61. The Bertz CT molecular complexity index is 730. The Hall–Kier alpha value is -2.61. The standard InChI is InChI=1S/C15H15N3O4S/c1-8-4-10(19)5-9(2)11(8)7-16-18-15-17-14(21)12(23-15)6-13(20)22-3/h4-7,19H,1-3H3,(H,17,18,21)/b12-6+,16-7?. The van der Waals surface area contributed by atoms with E-state index in [0.29, 0.717) is 0 Å². The molecule has 1 fully saturated rings. The average Bonchev–Trinajstić information content (AvgIpc) is 2.81. The first kappa shape index (κ1) is 16.8. The molecule has 1 aliphatic rings. The summed E-state index contributed by atoms with van der Waals surface area (Å²) in [6.45, 7) is 3.70. The van der Waals surface area contributed by atoms with Crippen LogP contribution in [0, 0.1) is 13.8 Å². The highest BCUT2D eigenvalue weighted by molar-refractivity contribution is 8.18. The summed E-state index contributed by atoms with van der Waals surface area (Å²) in [5.74, 6) is -0.839. The van der Waals surface area contributed by atoms with Crippen LogP contribution in [0.5, 0.6) is 5.75 Å². The number of benzene rings is 1. The fraction of sp³-hybridized carbons (Fsp3) is 0.200. The number of thioether (sulfide) groups is 1. The molecule has 0 spiro atoms. The smallest absolute Gasteiger partial charge is 0.331 e. The number of nitrogens with one attached hydrogen (secondary N) is 1. The summed E-state index contributed by atoms with van der Waals surface area (Å²) >= 11 is 1.00. The zero-order chi connectivity index (χ0) is 17.0. The lowest BCUT2D eigenvalue weighted by Crippen LogP contribution is -2.19. The summed E-state index contributed by atoms with van der Waals surface area (Å²) in [5.41, 5.74) is 2.56. The van der Waals surface area contributed by atoms with E-state index in [4.69, 9.17) is 0 Å². The zero-order valence-corrected chi connectivity index (χ0v) is 13.6. The molecule has 2 N–H and O–H groups in total. The van der Waals surface area contributed by atoms with Gasteiger partial charge in [-0.15, -0.1) is 5.10 Å². The van der Waals surface area contributed by atoms with Gasteiger partial charge < -0.3 is 9.84 Å². The predicted octanol–water partition coefficient (Wildman–Crippen LogP) is 1.62. The molecule has 1 saturated heterocycles. The molecule has 8 heteroatoms. The largest absolute Gasteiger partial charge is 0.508 e. The second-order valence-electron chi connectivity index (χ2n) is 4.73. The van der Waals surface area contributed by atoms with E-state index in [1.54, 1.807) is 18.3 Å². The molecular weight excluding hydrogens is 318 g/mol. The Labute approximate surface area is 137 Å². The van der Waals surface area contributed by atoms with E-state index in [9.17, 15) is 14.7 Å². The van der Waals surface area contributed by atoms with Crippen LogP contribution in [-0.2, 0) is 14.3 Å². The number of hydrogen-bond donors (Lipinski definition) is 2. The lowest BCUT2D eigenvalue weighted by molar-refractivity contribution is -0.135. The first-order valence-corrected chi connectivity index (χ1v) is 7.42. The highest BCUT2D eigenvalue weighted by Gasteiger charge is 2.24. The summed E-state index contributed by atoms with van der Waals surface area (Å²) in [6.07, 6.45) is 2.65. The molecule has 1 heterocycles. The van der Waals surface area contributed by atoms with Crippen molar-refractivity contribution in [1.29, 1.82) is 0 Å². The molecule has 1 amide bonds. The quantitative estimate of drug-likeness (QED) is 0.379. The molecule has 1 aliphatic heterocycles. The molecule has 0 saturated carbocycles. The predicted molar refractivity (Wildman–Crippen MR) is 88.4 cm³/mol. The fourth-order valence-electron chi connectivity index (χ4n) is 1.94. The number of nitrogens with zero attached hydrogens (tertiary/aromatic N) is 2. The lowest BCUT2D eigenvalue weighted by atomic mass is 10.0. The van der Waals surface area contributed by atoms with Crippen LogP contribution in [0.15, 0.2) is 33.3 Å². The number of amides is 1. The Morgan fingerprint density at radius 2 is 2.00 bits per heavy atom. The van der Waals surface area contributed by atoms with E-state index in [0.717, 1.165) is 34.5 Å². The number of carbonyl (C=O) groups excluding carboxylic acids is 2. The number of hydrogen-bond acceptors (Lipinski definition) is 7. The fourth-order valence-corrected chi connectivity index (χ4v) is 2.67. The molecule has 1 aromatic carbocycles. The summed E-state index contributed by atoms with van der Waals surface area (Å²) in [5, 5.41) is 20.1. The maximum Gasteiger partial charge on any atom is 0.331 e. The van der Waals surface area contributed by atoms with Crippen LogP contribution in [0.25, 0.3) is 0 Å². The van der Waals surface area contributed by atoms with E-state index < -0.39 is 11.9 Å². The third-order valence-electron chi connectivity index (χ3n) is 3.01. The number of methoxy groups -OCH3 is 1. The second kappa shape index (κ2) is 7.10. The maximum absolute atomic E-state index is 11.6. The monoisotopic (exact) mass is 333 g/mol. The molecule has 7 nitrogen and oxygen atoms in total. The Balaban J connectivity index is 2.14. The average molecular weight is 333 g/mol. The van der Waals surface area contributed by atoms with Crippen molar-refractivity contribution in [2.45, 2.75) is 13.8 Å². The minimum absolute atomic E-state index is 0.194. The van der Waals surface area contributed by atoms with Gasteiger partial charge in [0, 0.05) is 11.6 Å². The van der Waals surface area contributed by atoms with Gasteiger partial charge in [0.05, 0.1) is 18.2 Å². The molecule has 0 bridgehead atoms. The van der Waals surface area contributed by atoms with E-state index in [1.165, 1.54) is 7.11 Å². The van der Waals surface area contributed by atoms with Crippen molar-refractivity contribution in [2.75, 3.05) is 7.11 Å². The van der Waals surface area contributed by atoms with E-state index in [-0.39, 0.29) is 15.8 Å². The number of aromatic hydroxyl groups is 1. The van der Waals surface area contributed by atoms with Crippen molar-refractivity contribution in [2.24, 2.45) is 10.2 Å². The van der Waals surface area contributed by atoms with Gasteiger partial charge in [-0.1, -0.05) is 0 Å². The maximum atomic E-state index is 11.6. The normalized spacial score (nSPS) is 18.0. The van der Waals surface area contributed by atoms with Crippen LogP contribution >= 0.6 is 11.8 Å². The van der Waals surface area contributed by atoms with Gasteiger partial charge in [0.15, 0.2) is 5.17 Å². The highest BCUT2D eigenvalue weighted by atomic mass is 32.2. The van der Waals surface area contributed by atoms with Crippen molar-refractivity contribution in [3.05, 3.63) is 39.8 Å². The third-order valence-corrected chi connectivity index (χ3v) is 3.92. The van der Waals surface area contributed by atoms with Crippen molar-refractivity contribution in [3.63, 3.8) is 0 Å². The van der Waals surface area contributed by atoms with Crippen LogP contribution in [0.3, 0.4) is 0 Å². The number of rotatable bonds is 3. The molecule has 0 aliphatic carbocycles. The van der Waals surface area contributed by atoms with Crippen LogP contribution in [0.4, 0.5) is 0 Å². The molecule has 2 rings (SSSR count). The van der Waals surface area contributed by atoms with Crippen molar-refractivity contribution in [3.8, 4) is 5.75 Å². The number of carbonyl (C=O) groups is 2. The molecule has 23 heavy (non-hydrogen) atoms. The van der Waals surface area contributed by atoms with E-state index >= 15 is 0 Å². The van der Waals surface area contributed by atoms with Crippen LogP contribution in [0.2, 0.25) is 0 Å². The molecule has 0 radical (unpaired) electrons. The number of phenols is 1. The minimum Gasteiger partial charge on any atom is -0.508 e. The van der Waals surface area contributed by atoms with Crippen LogP contribution < -0.4 is 5.32 Å².